The maximum Gasteiger partial charge on any atom is 0.126 e. The van der Waals surface area contributed by atoms with Crippen molar-refractivity contribution >= 4 is 12.6 Å². The average Bonchev–Trinajstić information content (AvgIpc) is 2.45. The van der Waals surface area contributed by atoms with Crippen molar-refractivity contribution in [3.8, 4) is 0 Å². The van der Waals surface area contributed by atoms with Crippen LogP contribution in [0.25, 0.3) is 0 Å². The van der Waals surface area contributed by atoms with Gasteiger partial charge in [-0.2, -0.15) is 0 Å². The average molecular weight is 292 g/mol. The van der Waals surface area contributed by atoms with E-state index < -0.39 is 0 Å². The third-order valence-corrected chi connectivity index (χ3v) is 6.78. The van der Waals surface area contributed by atoms with Gasteiger partial charge in [0.05, 0.1) is 0 Å². The summed E-state index contributed by atoms with van der Waals surface area (Å²) in [6.45, 7) is 6.83. The lowest BCUT2D eigenvalue weighted by Crippen LogP contribution is -2.50. The van der Waals surface area contributed by atoms with Gasteiger partial charge in [-0.15, -0.1) is 0 Å². The van der Waals surface area contributed by atoms with Crippen LogP contribution in [-0.2, 0) is 9.59 Å². The van der Waals surface area contributed by atoms with Gasteiger partial charge in [-0.3, -0.25) is 0 Å². The number of rotatable bonds is 6. The summed E-state index contributed by atoms with van der Waals surface area (Å²) < 4.78 is 0. The van der Waals surface area contributed by atoms with E-state index in [1.165, 1.54) is 44.8 Å². The number of fused-ring (bicyclic) bond motifs is 1. The first-order chi connectivity index (χ1) is 9.96. The van der Waals surface area contributed by atoms with E-state index in [0.717, 1.165) is 25.0 Å². The molecule has 0 bridgehead atoms. The summed E-state index contributed by atoms with van der Waals surface area (Å²) in [5.41, 5.74) is 0.243. The van der Waals surface area contributed by atoms with E-state index in [9.17, 15) is 9.59 Å². The van der Waals surface area contributed by atoms with Gasteiger partial charge in [0.1, 0.15) is 12.6 Å². The van der Waals surface area contributed by atoms with E-state index in [-0.39, 0.29) is 5.41 Å². The molecule has 21 heavy (non-hydrogen) atoms. The zero-order chi connectivity index (χ0) is 15.5. The number of hydrogen-bond donors (Lipinski definition) is 0. The minimum Gasteiger partial charge on any atom is -0.303 e. The molecule has 0 N–H and O–H groups in total. The Kier molecular flexibility index (Phi) is 5.27. The first-order valence-corrected chi connectivity index (χ1v) is 8.86. The second kappa shape index (κ2) is 6.62. The van der Waals surface area contributed by atoms with Crippen LogP contribution in [0, 0.1) is 28.6 Å². The molecule has 0 unspecified atom stereocenters. The van der Waals surface area contributed by atoms with Crippen LogP contribution in [0.1, 0.15) is 78.6 Å². The molecular weight excluding hydrogens is 260 g/mol. The molecule has 2 saturated carbocycles. The Labute approximate surface area is 130 Å². The van der Waals surface area contributed by atoms with Crippen molar-refractivity contribution in [2.75, 3.05) is 0 Å². The molecule has 0 aromatic rings. The number of aldehydes is 2. The molecule has 2 heteroatoms. The van der Waals surface area contributed by atoms with Gasteiger partial charge in [0, 0.05) is 11.8 Å². The zero-order valence-corrected chi connectivity index (χ0v) is 14.1. The SMILES string of the molecule is C[C@H](CC=O)CC[C@H]1CCC[C@@H]2[C@]1(C)CCC[C@]2(C)C=O. The molecule has 2 rings (SSSR count). The van der Waals surface area contributed by atoms with E-state index >= 15 is 0 Å². The molecule has 2 nitrogen and oxygen atoms in total. The Morgan fingerprint density at radius 2 is 1.90 bits per heavy atom. The van der Waals surface area contributed by atoms with Crippen molar-refractivity contribution in [2.45, 2.75) is 78.6 Å². The first-order valence-electron chi connectivity index (χ1n) is 8.86. The summed E-state index contributed by atoms with van der Waals surface area (Å²) in [5.74, 6) is 1.81. The Bertz CT molecular complexity index is 378. The molecule has 0 aromatic carbocycles. The third kappa shape index (κ3) is 3.24. The lowest BCUT2D eigenvalue weighted by Gasteiger charge is -2.56. The van der Waals surface area contributed by atoms with Crippen molar-refractivity contribution in [1.29, 1.82) is 0 Å². The van der Waals surface area contributed by atoms with Gasteiger partial charge in [-0.25, -0.2) is 0 Å². The summed E-state index contributed by atoms with van der Waals surface area (Å²) in [6, 6.07) is 0. The number of hydrogen-bond acceptors (Lipinski definition) is 2. The van der Waals surface area contributed by atoms with Crippen molar-refractivity contribution < 1.29 is 9.59 Å². The molecule has 0 amide bonds. The van der Waals surface area contributed by atoms with Crippen LogP contribution in [0.5, 0.6) is 0 Å². The topological polar surface area (TPSA) is 34.1 Å². The monoisotopic (exact) mass is 292 g/mol. The summed E-state index contributed by atoms with van der Waals surface area (Å²) in [7, 11) is 0. The van der Waals surface area contributed by atoms with Crippen molar-refractivity contribution in [3.63, 3.8) is 0 Å². The van der Waals surface area contributed by atoms with Gasteiger partial charge in [0.25, 0.3) is 0 Å². The molecule has 2 aliphatic rings. The van der Waals surface area contributed by atoms with Crippen LogP contribution in [0.4, 0.5) is 0 Å². The molecule has 5 atom stereocenters. The first kappa shape index (κ1) is 16.7. The maximum atomic E-state index is 11.7. The predicted molar refractivity (Wildman–Crippen MR) is 86.0 cm³/mol. The molecule has 0 radical (unpaired) electrons. The fourth-order valence-electron chi connectivity index (χ4n) is 5.38. The smallest absolute Gasteiger partial charge is 0.126 e. The van der Waals surface area contributed by atoms with E-state index in [2.05, 4.69) is 20.8 Å². The van der Waals surface area contributed by atoms with Crippen LogP contribution < -0.4 is 0 Å². The molecule has 2 aliphatic carbocycles. The minimum absolute atomic E-state index is 0.0971. The molecule has 120 valence electrons. The Morgan fingerprint density at radius 3 is 2.57 bits per heavy atom. The van der Waals surface area contributed by atoms with E-state index in [0.29, 0.717) is 23.7 Å². The second-order valence-corrected chi connectivity index (χ2v) is 8.25. The van der Waals surface area contributed by atoms with Gasteiger partial charge in [-0.1, -0.05) is 40.0 Å². The minimum atomic E-state index is -0.0971. The highest BCUT2D eigenvalue weighted by molar-refractivity contribution is 5.60. The van der Waals surface area contributed by atoms with E-state index in [1.807, 2.05) is 0 Å². The van der Waals surface area contributed by atoms with Crippen LogP contribution in [0.15, 0.2) is 0 Å². The standard InChI is InChI=1S/C19H32O2/c1-15(10-13-20)8-9-16-6-4-7-17-18(2,14-21)11-5-12-19(16,17)3/h13-17H,4-12H2,1-3H3/t15-,16+,17-,18+,19+/m0/s1. The lowest BCUT2D eigenvalue weighted by molar-refractivity contribution is -0.133. The lowest BCUT2D eigenvalue weighted by atomic mass is 9.47. The highest BCUT2D eigenvalue weighted by Gasteiger charge is 2.53. The predicted octanol–water partition coefficient (Wildman–Crippen LogP) is 4.80. The van der Waals surface area contributed by atoms with Crippen LogP contribution >= 0.6 is 0 Å². The number of carbonyl (C=O) groups excluding carboxylic acids is 2. The van der Waals surface area contributed by atoms with E-state index in [4.69, 9.17) is 0 Å². The Balaban J connectivity index is 2.09. The maximum absolute atomic E-state index is 11.7. The normalized spacial score (nSPS) is 41.1. The van der Waals surface area contributed by atoms with Gasteiger partial charge in [-0.05, 0) is 55.3 Å². The largest absolute Gasteiger partial charge is 0.303 e. The van der Waals surface area contributed by atoms with Gasteiger partial charge in [0.2, 0.25) is 0 Å². The Morgan fingerprint density at radius 1 is 1.14 bits per heavy atom. The van der Waals surface area contributed by atoms with E-state index in [1.54, 1.807) is 0 Å². The highest BCUT2D eigenvalue weighted by Crippen LogP contribution is 2.60. The third-order valence-electron chi connectivity index (χ3n) is 6.78. The fraction of sp³-hybridized carbons (Fsp3) is 0.895. The van der Waals surface area contributed by atoms with Gasteiger partial charge < -0.3 is 9.59 Å². The van der Waals surface area contributed by atoms with Crippen LogP contribution in [-0.4, -0.2) is 12.6 Å². The zero-order valence-electron chi connectivity index (χ0n) is 14.1. The summed E-state index contributed by atoms with van der Waals surface area (Å²) in [5, 5.41) is 0. The summed E-state index contributed by atoms with van der Waals surface area (Å²) >= 11 is 0. The molecule has 0 heterocycles. The molecular formula is C19H32O2. The molecule has 0 saturated heterocycles. The second-order valence-electron chi connectivity index (χ2n) is 8.25. The van der Waals surface area contributed by atoms with Gasteiger partial charge in [0.15, 0.2) is 0 Å². The quantitative estimate of drug-likeness (QED) is 0.659. The summed E-state index contributed by atoms with van der Waals surface area (Å²) in [6.07, 6.45) is 12.8. The molecule has 2 fully saturated rings. The fourth-order valence-corrected chi connectivity index (χ4v) is 5.38. The van der Waals surface area contributed by atoms with Gasteiger partial charge >= 0.3 is 0 Å². The van der Waals surface area contributed by atoms with Crippen molar-refractivity contribution in [3.05, 3.63) is 0 Å². The highest BCUT2D eigenvalue weighted by atomic mass is 16.1. The molecule has 0 spiro atoms. The summed E-state index contributed by atoms with van der Waals surface area (Å²) in [4.78, 5) is 22.3. The van der Waals surface area contributed by atoms with Crippen LogP contribution in [0.3, 0.4) is 0 Å². The Hall–Kier alpha value is -0.660. The van der Waals surface area contributed by atoms with Crippen molar-refractivity contribution in [2.24, 2.45) is 28.6 Å². The van der Waals surface area contributed by atoms with Crippen molar-refractivity contribution in [1.82, 2.24) is 0 Å². The number of carbonyl (C=O) groups is 2. The van der Waals surface area contributed by atoms with Crippen LogP contribution in [0.2, 0.25) is 0 Å². The molecule has 0 aliphatic heterocycles. The molecule has 0 aromatic heterocycles.